The quantitative estimate of drug-likeness (QED) is 0.172. The maximum Gasteiger partial charge on any atom is 0.338 e. The first-order valence-corrected chi connectivity index (χ1v) is 11.5. The van der Waals surface area contributed by atoms with Gasteiger partial charge in [0, 0.05) is 10.7 Å². The van der Waals surface area contributed by atoms with Gasteiger partial charge in [-0.3, -0.25) is 0 Å². The molecule has 0 atom stereocenters. The van der Waals surface area contributed by atoms with Gasteiger partial charge in [-0.1, -0.05) is 68.3 Å². The average molecular weight is 530 g/mol. The summed E-state index contributed by atoms with van der Waals surface area (Å²) in [6, 6.07) is 15.4. The number of hydrogen-bond acceptors (Lipinski definition) is 4. The van der Waals surface area contributed by atoms with Gasteiger partial charge in [-0.25, -0.2) is 9.59 Å². The van der Waals surface area contributed by atoms with Gasteiger partial charge in [0.2, 0.25) is 0 Å². The molecule has 0 unspecified atom stereocenters. The van der Waals surface area contributed by atoms with Crippen LogP contribution in [-0.2, 0) is 20.1 Å². The molecule has 0 saturated heterocycles. The zero-order valence-electron chi connectivity index (χ0n) is 16.4. The van der Waals surface area contributed by atoms with E-state index in [4.69, 9.17) is 9.47 Å². The lowest BCUT2D eigenvalue weighted by Gasteiger charge is -2.17. The van der Waals surface area contributed by atoms with Gasteiger partial charge in [-0.05, 0) is 55.6 Å². The summed E-state index contributed by atoms with van der Waals surface area (Å²) < 4.78 is 10.1. The summed E-state index contributed by atoms with van der Waals surface area (Å²) in [5, 5.41) is 6.64. The standard InChI is InChI=1S/C24H18Br2O4/c1-29-23(27)18-9-15-10-19(24(28)30-2)17-8-4-6-14(12-26)21(17)22(15)20-13(11-25)5-3-7-16(18)20/h3-10H,11-12H2,1-2H3. The van der Waals surface area contributed by atoms with E-state index >= 15 is 0 Å². The minimum Gasteiger partial charge on any atom is -0.465 e. The van der Waals surface area contributed by atoms with Crippen LogP contribution in [-0.4, -0.2) is 26.2 Å². The Morgan fingerprint density at radius 2 is 1.17 bits per heavy atom. The van der Waals surface area contributed by atoms with Gasteiger partial charge in [-0.15, -0.1) is 0 Å². The molecule has 30 heavy (non-hydrogen) atoms. The molecule has 4 aromatic rings. The van der Waals surface area contributed by atoms with Crippen molar-refractivity contribution in [2.75, 3.05) is 14.2 Å². The van der Waals surface area contributed by atoms with E-state index in [0.29, 0.717) is 21.8 Å². The Balaban J connectivity index is 2.37. The van der Waals surface area contributed by atoms with Crippen LogP contribution in [0.1, 0.15) is 31.8 Å². The molecule has 0 aliphatic rings. The minimum atomic E-state index is -0.415. The van der Waals surface area contributed by atoms with E-state index < -0.39 is 11.9 Å². The number of hydrogen-bond donors (Lipinski definition) is 0. The summed E-state index contributed by atoms with van der Waals surface area (Å²) in [6.45, 7) is 0. The lowest BCUT2D eigenvalue weighted by Crippen LogP contribution is -2.06. The van der Waals surface area contributed by atoms with Gasteiger partial charge in [-0.2, -0.15) is 0 Å². The highest BCUT2D eigenvalue weighted by atomic mass is 79.9. The second-order valence-corrected chi connectivity index (χ2v) is 8.00. The number of ether oxygens (including phenoxy) is 2. The van der Waals surface area contributed by atoms with Gasteiger partial charge in [0.05, 0.1) is 25.3 Å². The molecule has 0 heterocycles. The minimum absolute atomic E-state index is 0.415. The highest BCUT2D eigenvalue weighted by molar-refractivity contribution is 9.08. The van der Waals surface area contributed by atoms with Crippen LogP contribution in [0.15, 0.2) is 48.5 Å². The molecule has 6 heteroatoms. The summed E-state index contributed by atoms with van der Waals surface area (Å²) in [4.78, 5) is 25.2. The smallest absolute Gasteiger partial charge is 0.338 e. The van der Waals surface area contributed by atoms with Crippen molar-refractivity contribution >= 4 is 76.1 Å². The third-order valence-corrected chi connectivity index (χ3v) is 6.58. The molecule has 0 aliphatic carbocycles. The first kappa shape index (κ1) is 20.8. The van der Waals surface area contributed by atoms with Gasteiger partial charge in [0.25, 0.3) is 0 Å². The molecule has 4 aromatic carbocycles. The van der Waals surface area contributed by atoms with E-state index in [2.05, 4.69) is 31.9 Å². The largest absolute Gasteiger partial charge is 0.465 e. The molecule has 152 valence electrons. The van der Waals surface area contributed by atoms with Crippen LogP contribution >= 0.6 is 31.9 Å². The van der Waals surface area contributed by atoms with Crippen LogP contribution in [0.3, 0.4) is 0 Å². The molecule has 0 N–H and O–H groups in total. The van der Waals surface area contributed by atoms with Crippen LogP contribution in [0, 0.1) is 0 Å². The monoisotopic (exact) mass is 528 g/mol. The van der Waals surface area contributed by atoms with E-state index in [1.54, 1.807) is 12.1 Å². The van der Waals surface area contributed by atoms with E-state index in [9.17, 15) is 9.59 Å². The Morgan fingerprint density at radius 3 is 1.53 bits per heavy atom. The van der Waals surface area contributed by atoms with E-state index in [-0.39, 0.29) is 0 Å². The summed E-state index contributed by atoms with van der Waals surface area (Å²) in [7, 11) is 2.74. The van der Waals surface area contributed by atoms with Crippen molar-refractivity contribution in [1.29, 1.82) is 0 Å². The highest BCUT2D eigenvalue weighted by Gasteiger charge is 2.21. The van der Waals surface area contributed by atoms with Crippen LogP contribution in [0.5, 0.6) is 0 Å². The Morgan fingerprint density at radius 1 is 0.733 bits per heavy atom. The number of carbonyl (C=O) groups is 2. The molecular weight excluding hydrogens is 512 g/mol. The number of rotatable bonds is 4. The first-order valence-electron chi connectivity index (χ1n) is 9.27. The van der Waals surface area contributed by atoms with Crippen molar-refractivity contribution in [3.63, 3.8) is 0 Å². The van der Waals surface area contributed by atoms with Crippen LogP contribution in [0.25, 0.3) is 32.3 Å². The molecule has 4 nitrogen and oxygen atoms in total. The molecule has 4 rings (SSSR count). The number of carbonyl (C=O) groups excluding carboxylic acids is 2. The fourth-order valence-corrected chi connectivity index (χ4v) is 5.02. The zero-order chi connectivity index (χ0) is 21.4. The normalized spacial score (nSPS) is 11.2. The van der Waals surface area contributed by atoms with Crippen LogP contribution in [0.2, 0.25) is 0 Å². The zero-order valence-corrected chi connectivity index (χ0v) is 19.6. The molecule has 0 radical (unpaired) electrons. The predicted molar refractivity (Wildman–Crippen MR) is 127 cm³/mol. The number of halogens is 2. The summed E-state index contributed by atoms with van der Waals surface area (Å²) in [6.07, 6.45) is 0. The number of alkyl halides is 2. The maximum atomic E-state index is 12.6. The van der Waals surface area contributed by atoms with E-state index in [1.807, 2.05) is 36.4 Å². The average Bonchev–Trinajstić information content (AvgIpc) is 2.80. The topological polar surface area (TPSA) is 52.6 Å². The second kappa shape index (κ2) is 8.36. The van der Waals surface area contributed by atoms with Crippen molar-refractivity contribution in [1.82, 2.24) is 0 Å². The lowest BCUT2D eigenvalue weighted by atomic mass is 9.88. The van der Waals surface area contributed by atoms with Crippen molar-refractivity contribution < 1.29 is 19.1 Å². The molecule has 0 fully saturated rings. The number of fused-ring (bicyclic) bond motifs is 5. The molecule has 0 aromatic heterocycles. The lowest BCUT2D eigenvalue weighted by molar-refractivity contribution is 0.0595. The van der Waals surface area contributed by atoms with Crippen LogP contribution in [0.4, 0.5) is 0 Å². The van der Waals surface area contributed by atoms with Gasteiger partial charge >= 0.3 is 11.9 Å². The Kier molecular flexibility index (Phi) is 5.80. The number of esters is 2. The maximum absolute atomic E-state index is 12.6. The third-order valence-electron chi connectivity index (χ3n) is 5.37. The van der Waals surface area contributed by atoms with Gasteiger partial charge in [0.15, 0.2) is 0 Å². The SMILES string of the molecule is COC(=O)c1cc2cc(C(=O)OC)c3cccc(CBr)c3c2c2c(CBr)cccc12. The van der Waals surface area contributed by atoms with Crippen molar-refractivity contribution in [3.05, 3.63) is 70.8 Å². The Bertz CT molecular complexity index is 1230. The Hall–Kier alpha value is -2.44. The third kappa shape index (κ3) is 3.19. The summed E-state index contributed by atoms with van der Waals surface area (Å²) in [5.74, 6) is -0.829. The molecule has 0 aliphatic heterocycles. The van der Waals surface area contributed by atoms with Gasteiger partial charge in [0.1, 0.15) is 0 Å². The number of methoxy groups -OCH3 is 2. The molecular formula is C24H18Br2O4. The first-order chi connectivity index (χ1) is 14.5. The van der Waals surface area contributed by atoms with E-state index in [0.717, 1.165) is 43.4 Å². The van der Waals surface area contributed by atoms with Crippen molar-refractivity contribution in [3.8, 4) is 0 Å². The Labute approximate surface area is 190 Å². The highest BCUT2D eigenvalue weighted by Crippen LogP contribution is 2.40. The van der Waals surface area contributed by atoms with Crippen molar-refractivity contribution in [2.24, 2.45) is 0 Å². The van der Waals surface area contributed by atoms with Crippen molar-refractivity contribution in [2.45, 2.75) is 10.7 Å². The number of benzene rings is 4. The molecule has 0 saturated carbocycles. The molecule has 0 amide bonds. The fraction of sp³-hybridized carbons (Fsp3) is 0.167. The van der Waals surface area contributed by atoms with Crippen LogP contribution < -0.4 is 0 Å². The van der Waals surface area contributed by atoms with Gasteiger partial charge < -0.3 is 9.47 Å². The fourth-order valence-electron chi connectivity index (χ4n) is 4.09. The summed E-state index contributed by atoms with van der Waals surface area (Å²) in [5.41, 5.74) is 3.04. The summed E-state index contributed by atoms with van der Waals surface area (Å²) >= 11 is 7.18. The molecule has 0 bridgehead atoms. The second-order valence-electron chi connectivity index (χ2n) is 6.88. The molecule has 0 spiro atoms. The predicted octanol–water partition coefficient (Wildman–Crippen LogP) is 6.51. The van der Waals surface area contributed by atoms with E-state index in [1.165, 1.54) is 14.2 Å².